The molecular weight excluding hydrogens is 252 g/mol. The maximum atomic E-state index is 5.37. The highest BCUT2D eigenvalue weighted by atomic mass is 16.5. The van der Waals surface area contributed by atoms with Gasteiger partial charge in [-0.25, -0.2) is 0 Å². The molecular formula is C16H32N2O2. The van der Waals surface area contributed by atoms with Gasteiger partial charge in [-0.3, -0.25) is 9.80 Å². The Morgan fingerprint density at radius 2 is 0.850 bits per heavy atom. The SMILES string of the molecule is C(CCCCN1CCOCC1)CCCN1CCOCC1. The van der Waals surface area contributed by atoms with Crippen LogP contribution in [0.5, 0.6) is 0 Å². The second kappa shape index (κ2) is 10.6. The summed E-state index contributed by atoms with van der Waals surface area (Å²) in [6.45, 7) is 10.8. The van der Waals surface area contributed by atoms with Gasteiger partial charge >= 0.3 is 0 Å². The minimum atomic E-state index is 0.932. The Labute approximate surface area is 124 Å². The molecule has 2 rings (SSSR count). The van der Waals surface area contributed by atoms with Crippen molar-refractivity contribution in [2.45, 2.75) is 38.5 Å². The van der Waals surface area contributed by atoms with Crippen LogP contribution >= 0.6 is 0 Å². The number of hydrogen-bond donors (Lipinski definition) is 0. The molecule has 0 N–H and O–H groups in total. The summed E-state index contributed by atoms with van der Waals surface area (Å²) in [4.78, 5) is 5.09. The number of rotatable bonds is 9. The predicted molar refractivity (Wildman–Crippen MR) is 82.2 cm³/mol. The fourth-order valence-electron chi connectivity index (χ4n) is 3.03. The van der Waals surface area contributed by atoms with Gasteiger partial charge in [0.05, 0.1) is 26.4 Å². The van der Waals surface area contributed by atoms with Crippen LogP contribution < -0.4 is 0 Å². The van der Waals surface area contributed by atoms with Gasteiger partial charge in [-0.1, -0.05) is 25.7 Å². The van der Waals surface area contributed by atoms with Crippen LogP contribution in [0.3, 0.4) is 0 Å². The smallest absolute Gasteiger partial charge is 0.0594 e. The first kappa shape index (κ1) is 16.2. The molecule has 0 radical (unpaired) electrons. The average Bonchev–Trinajstić information content (AvgIpc) is 2.52. The number of morpholine rings is 2. The van der Waals surface area contributed by atoms with Gasteiger partial charge in [0.1, 0.15) is 0 Å². The van der Waals surface area contributed by atoms with Crippen LogP contribution in [0.15, 0.2) is 0 Å². The molecule has 0 aromatic heterocycles. The van der Waals surface area contributed by atoms with Crippen LogP contribution in [0.4, 0.5) is 0 Å². The summed E-state index contributed by atoms with van der Waals surface area (Å²) in [7, 11) is 0. The van der Waals surface area contributed by atoms with Crippen LogP contribution in [0.25, 0.3) is 0 Å². The zero-order valence-corrected chi connectivity index (χ0v) is 13.0. The third-order valence-corrected chi connectivity index (χ3v) is 4.41. The van der Waals surface area contributed by atoms with Gasteiger partial charge in [-0.05, 0) is 25.9 Å². The highest BCUT2D eigenvalue weighted by molar-refractivity contribution is 4.63. The summed E-state index contributed by atoms with van der Waals surface area (Å²) in [5.41, 5.74) is 0. The molecule has 0 unspecified atom stereocenters. The van der Waals surface area contributed by atoms with Crippen molar-refractivity contribution < 1.29 is 9.47 Å². The Balaban J connectivity index is 1.33. The van der Waals surface area contributed by atoms with E-state index in [1.54, 1.807) is 0 Å². The minimum absolute atomic E-state index is 0.932. The van der Waals surface area contributed by atoms with Gasteiger partial charge in [0.2, 0.25) is 0 Å². The zero-order valence-electron chi connectivity index (χ0n) is 13.0. The summed E-state index contributed by atoms with van der Waals surface area (Å²) in [5.74, 6) is 0. The molecule has 2 aliphatic heterocycles. The number of nitrogens with zero attached hydrogens (tertiary/aromatic N) is 2. The van der Waals surface area contributed by atoms with E-state index in [0.29, 0.717) is 0 Å². The molecule has 0 bridgehead atoms. The predicted octanol–water partition coefficient (Wildman–Crippen LogP) is 1.99. The van der Waals surface area contributed by atoms with E-state index < -0.39 is 0 Å². The van der Waals surface area contributed by atoms with Crippen molar-refractivity contribution >= 4 is 0 Å². The normalized spacial score (nSPS) is 22.2. The third kappa shape index (κ3) is 7.02. The number of ether oxygens (including phenoxy) is 2. The van der Waals surface area contributed by atoms with E-state index >= 15 is 0 Å². The molecule has 20 heavy (non-hydrogen) atoms. The average molecular weight is 284 g/mol. The molecule has 0 aromatic carbocycles. The molecule has 2 saturated heterocycles. The Hall–Kier alpha value is -0.160. The molecule has 118 valence electrons. The van der Waals surface area contributed by atoms with Crippen molar-refractivity contribution in [3.63, 3.8) is 0 Å². The largest absolute Gasteiger partial charge is 0.379 e. The topological polar surface area (TPSA) is 24.9 Å². The molecule has 4 nitrogen and oxygen atoms in total. The molecule has 0 spiro atoms. The van der Waals surface area contributed by atoms with E-state index in [-0.39, 0.29) is 0 Å². The second-order valence-electron chi connectivity index (χ2n) is 6.03. The second-order valence-corrected chi connectivity index (χ2v) is 6.03. The first-order valence-electron chi connectivity index (χ1n) is 8.55. The highest BCUT2D eigenvalue weighted by Crippen LogP contribution is 2.08. The quantitative estimate of drug-likeness (QED) is 0.605. The highest BCUT2D eigenvalue weighted by Gasteiger charge is 2.10. The number of unbranched alkanes of at least 4 members (excludes halogenated alkanes) is 5. The van der Waals surface area contributed by atoms with E-state index in [1.807, 2.05) is 0 Å². The van der Waals surface area contributed by atoms with E-state index in [9.17, 15) is 0 Å². The van der Waals surface area contributed by atoms with Crippen LogP contribution in [0, 0.1) is 0 Å². The van der Waals surface area contributed by atoms with Gasteiger partial charge < -0.3 is 9.47 Å². The van der Waals surface area contributed by atoms with Gasteiger partial charge in [0.25, 0.3) is 0 Å². The standard InChI is InChI=1S/C16H32N2O2/c1(3-5-7-17-9-13-19-14-10-17)2-4-6-8-18-11-15-20-16-12-18/h1-16H2. The lowest BCUT2D eigenvalue weighted by Gasteiger charge is -2.26. The minimum Gasteiger partial charge on any atom is -0.379 e. The van der Waals surface area contributed by atoms with E-state index in [0.717, 1.165) is 52.6 Å². The summed E-state index contributed by atoms with van der Waals surface area (Å²) in [5, 5.41) is 0. The summed E-state index contributed by atoms with van der Waals surface area (Å²) >= 11 is 0. The van der Waals surface area contributed by atoms with Gasteiger partial charge in [-0.15, -0.1) is 0 Å². The summed E-state index contributed by atoms with van der Waals surface area (Å²) in [6.07, 6.45) is 8.34. The molecule has 0 atom stereocenters. The molecule has 0 aliphatic carbocycles. The van der Waals surface area contributed by atoms with Crippen LogP contribution in [-0.4, -0.2) is 75.5 Å². The zero-order chi connectivity index (χ0) is 13.9. The maximum Gasteiger partial charge on any atom is 0.0594 e. The van der Waals surface area contributed by atoms with Gasteiger partial charge in [0.15, 0.2) is 0 Å². The Morgan fingerprint density at radius 3 is 1.25 bits per heavy atom. The van der Waals surface area contributed by atoms with Crippen molar-refractivity contribution in [2.24, 2.45) is 0 Å². The van der Waals surface area contributed by atoms with Crippen molar-refractivity contribution in [2.75, 3.05) is 65.7 Å². The Morgan fingerprint density at radius 1 is 0.500 bits per heavy atom. The first-order chi connectivity index (χ1) is 9.95. The van der Waals surface area contributed by atoms with Crippen molar-refractivity contribution in [3.8, 4) is 0 Å². The monoisotopic (exact) mass is 284 g/mol. The lowest BCUT2D eigenvalue weighted by Crippen LogP contribution is -2.36. The van der Waals surface area contributed by atoms with Crippen molar-refractivity contribution in [1.29, 1.82) is 0 Å². The van der Waals surface area contributed by atoms with Crippen LogP contribution in [0.2, 0.25) is 0 Å². The molecule has 0 amide bonds. The van der Waals surface area contributed by atoms with E-state index in [2.05, 4.69) is 9.80 Å². The fourth-order valence-corrected chi connectivity index (χ4v) is 3.03. The van der Waals surface area contributed by atoms with Crippen molar-refractivity contribution in [3.05, 3.63) is 0 Å². The molecule has 2 fully saturated rings. The lowest BCUT2D eigenvalue weighted by molar-refractivity contribution is 0.0366. The lowest BCUT2D eigenvalue weighted by atomic mass is 10.1. The van der Waals surface area contributed by atoms with E-state index in [4.69, 9.17) is 9.47 Å². The van der Waals surface area contributed by atoms with Crippen LogP contribution in [-0.2, 0) is 9.47 Å². The Kier molecular flexibility index (Phi) is 8.55. The third-order valence-electron chi connectivity index (χ3n) is 4.41. The molecule has 0 saturated carbocycles. The number of hydrogen-bond acceptors (Lipinski definition) is 4. The molecule has 2 heterocycles. The summed E-state index contributed by atoms with van der Waals surface area (Å²) < 4.78 is 10.7. The van der Waals surface area contributed by atoms with Gasteiger partial charge in [-0.2, -0.15) is 0 Å². The molecule has 0 aromatic rings. The maximum absolute atomic E-state index is 5.37. The molecule has 4 heteroatoms. The first-order valence-corrected chi connectivity index (χ1v) is 8.55. The van der Waals surface area contributed by atoms with Crippen LogP contribution in [0.1, 0.15) is 38.5 Å². The molecule has 2 aliphatic rings. The Bertz CT molecular complexity index is 203. The van der Waals surface area contributed by atoms with Crippen molar-refractivity contribution in [1.82, 2.24) is 9.80 Å². The summed E-state index contributed by atoms with van der Waals surface area (Å²) in [6, 6.07) is 0. The van der Waals surface area contributed by atoms with Gasteiger partial charge in [0, 0.05) is 26.2 Å². The van der Waals surface area contributed by atoms with E-state index in [1.165, 1.54) is 51.6 Å². The fraction of sp³-hybridized carbons (Fsp3) is 1.00.